The number of aryl methyl sites for hydroxylation is 1. The molecule has 140 valence electrons. The highest BCUT2D eigenvalue weighted by atomic mass is 19.1. The van der Waals surface area contributed by atoms with Crippen LogP contribution in [0.1, 0.15) is 19.7 Å². The first-order valence-corrected chi connectivity index (χ1v) is 8.56. The number of aromatic nitrogens is 3. The fraction of sp³-hybridized carbons (Fsp3) is 0.412. The Labute approximate surface area is 151 Å². The summed E-state index contributed by atoms with van der Waals surface area (Å²) >= 11 is 0. The first-order chi connectivity index (χ1) is 12.6. The number of aliphatic imine (C=N–C) groups is 1. The van der Waals surface area contributed by atoms with Gasteiger partial charge >= 0.3 is 0 Å². The lowest BCUT2D eigenvalue weighted by molar-refractivity contribution is -0.114. The number of guanidine groups is 1. The Bertz CT molecular complexity index is 727. The Kier molecular flexibility index (Phi) is 7.53. The summed E-state index contributed by atoms with van der Waals surface area (Å²) in [6.45, 7) is 5.93. The largest absolute Gasteiger partial charge is 0.357 e. The maximum Gasteiger partial charge on any atom is 0.246 e. The van der Waals surface area contributed by atoms with Crippen molar-refractivity contribution >= 4 is 17.6 Å². The molecule has 0 unspecified atom stereocenters. The summed E-state index contributed by atoms with van der Waals surface area (Å²) in [6, 6.07) is 5.59. The van der Waals surface area contributed by atoms with Crippen molar-refractivity contribution < 1.29 is 9.18 Å². The van der Waals surface area contributed by atoms with Crippen LogP contribution < -0.4 is 16.0 Å². The second-order valence-electron chi connectivity index (χ2n) is 5.47. The van der Waals surface area contributed by atoms with Crippen LogP contribution in [0.25, 0.3) is 0 Å². The molecule has 0 radical (unpaired) electrons. The van der Waals surface area contributed by atoms with E-state index in [1.165, 1.54) is 24.3 Å². The molecule has 0 saturated carbocycles. The minimum absolute atomic E-state index is 0.0421. The third-order valence-corrected chi connectivity index (χ3v) is 3.51. The molecule has 1 amide bonds. The summed E-state index contributed by atoms with van der Waals surface area (Å²) in [7, 11) is 0. The summed E-state index contributed by atoms with van der Waals surface area (Å²) in [6.07, 6.45) is 2.51. The summed E-state index contributed by atoms with van der Waals surface area (Å²) < 4.78 is 14.8. The van der Waals surface area contributed by atoms with Crippen molar-refractivity contribution in [3.05, 3.63) is 42.2 Å². The number of hydrogen-bond donors (Lipinski definition) is 3. The van der Waals surface area contributed by atoms with E-state index in [-0.39, 0.29) is 18.3 Å². The molecule has 9 heteroatoms. The van der Waals surface area contributed by atoms with E-state index in [1.807, 2.05) is 18.4 Å². The van der Waals surface area contributed by atoms with E-state index in [0.29, 0.717) is 31.3 Å². The van der Waals surface area contributed by atoms with Crippen molar-refractivity contribution in [3.63, 3.8) is 0 Å². The van der Waals surface area contributed by atoms with Crippen LogP contribution in [0, 0.1) is 5.82 Å². The highest BCUT2D eigenvalue weighted by Gasteiger charge is 2.05. The molecule has 2 aromatic rings. The molecule has 1 heterocycles. The van der Waals surface area contributed by atoms with Crippen molar-refractivity contribution in [1.29, 1.82) is 0 Å². The summed E-state index contributed by atoms with van der Waals surface area (Å²) in [5, 5.41) is 16.9. The van der Waals surface area contributed by atoms with E-state index in [1.54, 1.807) is 6.33 Å². The van der Waals surface area contributed by atoms with Crippen molar-refractivity contribution in [2.75, 3.05) is 25.0 Å². The first kappa shape index (κ1) is 19.4. The Hall–Kier alpha value is -2.97. The Morgan fingerprint density at radius 3 is 2.69 bits per heavy atom. The smallest absolute Gasteiger partial charge is 0.246 e. The molecule has 0 atom stereocenters. The topological polar surface area (TPSA) is 96.2 Å². The molecule has 0 aliphatic carbocycles. The predicted molar refractivity (Wildman–Crippen MR) is 98.4 cm³/mol. The van der Waals surface area contributed by atoms with Crippen LogP contribution in [0.4, 0.5) is 10.1 Å². The molecule has 1 aromatic heterocycles. The van der Waals surface area contributed by atoms with Gasteiger partial charge in [0.2, 0.25) is 5.91 Å². The number of rotatable bonds is 8. The molecular formula is C17H24FN7O. The lowest BCUT2D eigenvalue weighted by Gasteiger charge is -2.12. The number of anilines is 1. The number of nitrogens with one attached hydrogen (secondary N) is 3. The molecule has 26 heavy (non-hydrogen) atoms. The number of carbonyl (C=O) groups is 1. The minimum atomic E-state index is -0.348. The molecule has 3 N–H and O–H groups in total. The monoisotopic (exact) mass is 361 g/mol. The summed E-state index contributed by atoms with van der Waals surface area (Å²) in [4.78, 5) is 16.2. The molecule has 1 aromatic carbocycles. The van der Waals surface area contributed by atoms with Crippen LogP contribution in [0.5, 0.6) is 0 Å². The van der Waals surface area contributed by atoms with Gasteiger partial charge in [0.15, 0.2) is 5.96 Å². The van der Waals surface area contributed by atoms with Crippen LogP contribution in [-0.2, 0) is 17.8 Å². The van der Waals surface area contributed by atoms with E-state index < -0.39 is 0 Å². The van der Waals surface area contributed by atoms with E-state index in [4.69, 9.17) is 0 Å². The number of carbonyl (C=O) groups excluding carboxylic acids is 1. The molecule has 2 rings (SSSR count). The van der Waals surface area contributed by atoms with E-state index in [2.05, 4.69) is 31.1 Å². The number of halogens is 1. The van der Waals surface area contributed by atoms with Gasteiger partial charge in [-0.1, -0.05) is 6.92 Å². The second kappa shape index (κ2) is 10.1. The summed E-state index contributed by atoms with van der Waals surface area (Å²) in [5.74, 6) is 0.847. The molecule has 0 saturated heterocycles. The van der Waals surface area contributed by atoms with Gasteiger partial charge in [0.25, 0.3) is 0 Å². The average molecular weight is 361 g/mol. The van der Waals surface area contributed by atoms with E-state index >= 15 is 0 Å². The lowest BCUT2D eigenvalue weighted by atomic mass is 10.3. The van der Waals surface area contributed by atoms with Crippen molar-refractivity contribution in [2.45, 2.75) is 26.8 Å². The zero-order valence-corrected chi connectivity index (χ0v) is 15.0. The van der Waals surface area contributed by atoms with Gasteiger partial charge in [-0.2, -0.15) is 0 Å². The molecule has 8 nitrogen and oxygen atoms in total. The van der Waals surface area contributed by atoms with Gasteiger partial charge in [0.05, 0.1) is 0 Å². The van der Waals surface area contributed by atoms with Crippen LogP contribution in [-0.4, -0.2) is 46.3 Å². The first-order valence-electron chi connectivity index (χ1n) is 8.56. The van der Waals surface area contributed by atoms with Crippen LogP contribution >= 0.6 is 0 Å². The SMILES string of the molecule is CCNC(=NCC(=O)Nc1ccc(F)cc1)NCCn1cnnc1CC. The Balaban J connectivity index is 1.83. The second-order valence-corrected chi connectivity index (χ2v) is 5.47. The van der Waals surface area contributed by atoms with Crippen molar-refractivity contribution in [1.82, 2.24) is 25.4 Å². The summed E-state index contributed by atoms with van der Waals surface area (Å²) in [5.41, 5.74) is 0.532. The normalized spacial score (nSPS) is 11.3. The Morgan fingerprint density at radius 1 is 1.23 bits per heavy atom. The van der Waals surface area contributed by atoms with Gasteiger partial charge < -0.3 is 20.5 Å². The van der Waals surface area contributed by atoms with Gasteiger partial charge in [-0.3, -0.25) is 4.79 Å². The fourth-order valence-electron chi connectivity index (χ4n) is 2.26. The van der Waals surface area contributed by atoms with Gasteiger partial charge in [0.1, 0.15) is 24.5 Å². The number of nitrogens with zero attached hydrogens (tertiary/aromatic N) is 4. The quantitative estimate of drug-likeness (QED) is 0.485. The van der Waals surface area contributed by atoms with Gasteiger partial charge in [-0.05, 0) is 31.2 Å². The molecule has 0 fully saturated rings. The predicted octanol–water partition coefficient (Wildman–Crippen LogP) is 1.17. The van der Waals surface area contributed by atoms with E-state index in [9.17, 15) is 9.18 Å². The number of hydrogen-bond acceptors (Lipinski definition) is 4. The Morgan fingerprint density at radius 2 is 2.00 bits per heavy atom. The third kappa shape index (κ3) is 6.15. The van der Waals surface area contributed by atoms with Crippen LogP contribution in [0.15, 0.2) is 35.6 Å². The van der Waals surface area contributed by atoms with E-state index in [0.717, 1.165) is 12.2 Å². The van der Waals surface area contributed by atoms with Gasteiger partial charge in [0, 0.05) is 31.7 Å². The van der Waals surface area contributed by atoms with Gasteiger partial charge in [-0.15, -0.1) is 10.2 Å². The highest BCUT2D eigenvalue weighted by Crippen LogP contribution is 2.07. The molecule has 0 spiro atoms. The minimum Gasteiger partial charge on any atom is -0.357 e. The number of benzene rings is 1. The maximum atomic E-state index is 12.9. The van der Waals surface area contributed by atoms with Crippen LogP contribution in [0.3, 0.4) is 0 Å². The molecular weight excluding hydrogens is 337 g/mol. The zero-order valence-electron chi connectivity index (χ0n) is 15.0. The maximum absolute atomic E-state index is 12.9. The molecule has 0 aliphatic heterocycles. The van der Waals surface area contributed by atoms with Gasteiger partial charge in [-0.25, -0.2) is 9.38 Å². The van der Waals surface area contributed by atoms with Crippen molar-refractivity contribution in [2.24, 2.45) is 4.99 Å². The van der Waals surface area contributed by atoms with Crippen LogP contribution in [0.2, 0.25) is 0 Å². The third-order valence-electron chi connectivity index (χ3n) is 3.51. The molecule has 0 bridgehead atoms. The lowest BCUT2D eigenvalue weighted by Crippen LogP contribution is -2.39. The standard InChI is InChI=1S/C17H24FN7O/c1-3-15-24-22-12-25(15)10-9-20-17(19-4-2)21-11-16(26)23-14-7-5-13(18)6-8-14/h5-8,12H,3-4,9-11H2,1-2H3,(H,23,26)(H2,19,20,21). The average Bonchev–Trinajstić information content (AvgIpc) is 3.09. The zero-order chi connectivity index (χ0) is 18.8. The highest BCUT2D eigenvalue weighted by molar-refractivity contribution is 5.94. The molecule has 0 aliphatic rings. The van der Waals surface area contributed by atoms with Crippen molar-refractivity contribution in [3.8, 4) is 0 Å². The fourth-order valence-corrected chi connectivity index (χ4v) is 2.26. The number of amides is 1.